The summed E-state index contributed by atoms with van der Waals surface area (Å²) < 4.78 is 141. The molecule has 1 rings (SSSR count). The van der Waals surface area contributed by atoms with Gasteiger partial charge in [-0.2, -0.15) is 39.5 Å². The number of pyridine rings is 1. The molecule has 144 valence electrons. The predicted molar refractivity (Wildman–Crippen MR) is 62.2 cm³/mol. The number of nitrogens with zero attached hydrogens (tertiary/aromatic N) is 1. The smallest absolute Gasteiger partial charge is 0.200 e. The fraction of sp³-hybridized carbons (Fsp3) is 0.545. The molecule has 1 heterocycles. The summed E-state index contributed by atoms with van der Waals surface area (Å²) in [6, 6.07) is 3.15. The van der Waals surface area contributed by atoms with E-state index in [4.69, 9.17) is 0 Å². The summed E-state index contributed by atoms with van der Waals surface area (Å²) in [5, 5.41) is 0. The molecule has 0 aromatic carbocycles. The van der Waals surface area contributed by atoms with Crippen LogP contribution < -0.4 is 3.97 Å². The molecule has 0 N–H and O–H groups in total. The minimum absolute atomic E-state index is 0.120. The molecule has 0 aliphatic rings. The van der Waals surface area contributed by atoms with Gasteiger partial charge in [-0.15, -0.1) is 12.6 Å². The maximum absolute atomic E-state index is 13.4. The van der Waals surface area contributed by atoms with Gasteiger partial charge in [-0.25, -0.2) is 0 Å². The maximum Gasteiger partial charge on any atom is 0.519 e. The average molecular weight is 406 g/mol. The van der Waals surface area contributed by atoms with E-state index in [9.17, 15) is 47.9 Å². The van der Waals surface area contributed by atoms with E-state index in [1.807, 2.05) is 0 Å². The van der Waals surface area contributed by atoms with Crippen molar-refractivity contribution in [2.75, 3.05) is 0 Å². The lowest BCUT2D eigenvalue weighted by Gasteiger charge is -2.31. The van der Waals surface area contributed by atoms with Crippen molar-refractivity contribution < 1.29 is 56.1 Å². The lowest BCUT2D eigenvalue weighted by Crippen LogP contribution is -2.58. The molecule has 0 radical (unpaired) electrons. The monoisotopic (exact) mass is 406 g/mol. The standard InChI is InChI=1S/C11H9F9NO3S/c12-8(13,4-5-9(14,15)16)10(17,18)11(19,20)24-25(22,23)21-6-2-1-3-7-21/h1-3,6-7H,4-5H2/q+1. The van der Waals surface area contributed by atoms with E-state index in [0.29, 0.717) is 12.4 Å². The molecule has 4 nitrogen and oxygen atoms in total. The quantitative estimate of drug-likeness (QED) is 0.516. The highest BCUT2D eigenvalue weighted by atomic mass is 32.2. The third-order valence-electron chi connectivity index (χ3n) is 2.70. The number of hydrogen-bond acceptors (Lipinski definition) is 3. The first-order valence-electron chi connectivity index (χ1n) is 6.14. The normalized spacial score (nSPS) is 14.6. The number of rotatable bonds is 7. The Kier molecular flexibility index (Phi) is 5.69. The summed E-state index contributed by atoms with van der Waals surface area (Å²) in [4.78, 5) is 0. The van der Waals surface area contributed by atoms with Gasteiger partial charge >= 0.3 is 34.4 Å². The Bertz CT molecular complexity index is 688. The van der Waals surface area contributed by atoms with Crippen LogP contribution in [0.25, 0.3) is 0 Å². The van der Waals surface area contributed by atoms with E-state index in [0.717, 1.165) is 12.1 Å². The van der Waals surface area contributed by atoms with Crippen LogP contribution in [0.2, 0.25) is 0 Å². The lowest BCUT2D eigenvalue weighted by molar-refractivity contribution is -0.528. The van der Waals surface area contributed by atoms with Crippen molar-refractivity contribution in [1.29, 1.82) is 0 Å². The van der Waals surface area contributed by atoms with E-state index >= 15 is 0 Å². The minimum Gasteiger partial charge on any atom is -0.200 e. The second kappa shape index (κ2) is 6.63. The van der Waals surface area contributed by atoms with Crippen molar-refractivity contribution in [3.63, 3.8) is 0 Å². The van der Waals surface area contributed by atoms with Gasteiger partial charge in [0.2, 0.25) is 0 Å². The summed E-state index contributed by atoms with van der Waals surface area (Å²) in [6.07, 6.45) is -15.7. The van der Waals surface area contributed by atoms with Gasteiger partial charge in [-0.3, -0.25) is 0 Å². The Hall–Kier alpha value is -1.57. The number of hydrogen-bond donors (Lipinski definition) is 0. The van der Waals surface area contributed by atoms with Crippen LogP contribution in [0, 0.1) is 0 Å². The van der Waals surface area contributed by atoms with Crippen LogP contribution in [-0.4, -0.2) is 32.5 Å². The minimum atomic E-state index is -6.53. The first-order valence-corrected chi connectivity index (χ1v) is 7.51. The van der Waals surface area contributed by atoms with E-state index in [1.54, 1.807) is 0 Å². The molecule has 0 aliphatic carbocycles. The van der Waals surface area contributed by atoms with Gasteiger partial charge in [-0.05, 0) is 0 Å². The zero-order chi connectivity index (χ0) is 19.7. The lowest BCUT2D eigenvalue weighted by atomic mass is 10.1. The Morgan fingerprint density at radius 3 is 1.72 bits per heavy atom. The molecule has 0 fully saturated rings. The molecule has 0 unspecified atom stereocenters. The number of aromatic nitrogens is 1. The molecule has 0 atom stereocenters. The molecule has 0 bridgehead atoms. The third kappa shape index (κ3) is 4.96. The topological polar surface area (TPSA) is 47.3 Å². The SMILES string of the molecule is O=S(=O)(OC(F)(F)C(F)(F)C(F)(F)CCC(F)(F)F)[n+]1ccccc1. The van der Waals surface area contributed by atoms with Crippen molar-refractivity contribution in [1.82, 2.24) is 0 Å². The number of halogens is 9. The third-order valence-corrected chi connectivity index (χ3v) is 3.88. The zero-order valence-electron chi connectivity index (χ0n) is 11.8. The molecule has 0 saturated carbocycles. The Balaban J connectivity index is 3.09. The summed E-state index contributed by atoms with van der Waals surface area (Å²) in [5.74, 6) is -12.4. The Morgan fingerprint density at radius 2 is 1.28 bits per heavy atom. The summed E-state index contributed by atoms with van der Waals surface area (Å²) in [6.45, 7) is 0. The molecule has 0 spiro atoms. The summed E-state index contributed by atoms with van der Waals surface area (Å²) >= 11 is 0. The van der Waals surface area contributed by atoms with Gasteiger partial charge in [0.15, 0.2) is 12.4 Å². The summed E-state index contributed by atoms with van der Waals surface area (Å²) in [7, 11) is -5.67. The van der Waals surface area contributed by atoms with Crippen LogP contribution in [0.3, 0.4) is 0 Å². The Labute approximate surface area is 135 Å². The first kappa shape index (κ1) is 21.5. The predicted octanol–water partition coefficient (Wildman–Crippen LogP) is 3.29. The first-order chi connectivity index (χ1) is 11.0. The molecule has 14 heteroatoms. The van der Waals surface area contributed by atoms with Crippen molar-refractivity contribution in [2.24, 2.45) is 0 Å². The largest absolute Gasteiger partial charge is 0.519 e. The van der Waals surface area contributed by atoms with Crippen LogP contribution in [0.1, 0.15) is 12.8 Å². The highest BCUT2D eigenvalue weighted by Crippen LogP contribution is 2.49. The van der Waals surface area contributed by atoms with Gasteiger partial charge in [-0.1, -0.05) is 10.0 Å². The second-order valence-electron chi connectivity index (χ2n) is 4.66. The number of alkyl halides is 9. The molecular weight excluding hydrogens is 397 g/mol. The van der Waals surface area contributed by atoms with Crippen LogP contribution in [0.5, 0.6) is 0 Å². The zero-order valence-corrected chi connectivity index (χ0v) is 12.6. The van der Waals surface area contributed by atoms with E-state index < -0.39 is 47.3 Å². The van der Waals surface area contributed by atoms with Gasteiger partial charge in [0.1, 0.15) is 0 Å². The molecule has 1 aromatic rings. The van der Waals surface area contributed by atoms with Crippen molar-refractivity contribution in [3.05, 3.63) is 30.6 Å². The highest BCUT2D eigenvalue weighted by molar-refractivity contribution is 7.80. The van der Waals surface area contributed by atoms with Crippen LogP contribution >= 0.6 is 0 Å². The molecule has 25 heavy (non-hydrogen) atoms. The van der Waals surface area contributed by atoms with Crippen LogP contribution in [-0.2, 0) is 14.5 Å². The van der Waals surface area contributed by atoms with E-state index in [-0.39, 0.29) is 3.97 Å². The molecular formula is C11H9F9NO3S+. The highest BCUT2D eigenvalue weighted by Gasteiger charge is 2.75. The van der Waals surface area contributed by atoms with Crippen molar-refractivity contribution in [2.45, 2.75) is 37.0 Å². The van der Waals surface area contributed by atoms with E-state index in [2.05, 4.69) is 4.18 Å². The molecule has 1 aromatic heterocycles. The molecule has 0 aliphatic heterocycles. The van der Waals surface area contributed by atoms with Gasteiger partial charge in [0, 0.05) is 25.0 Å². The summed E-state index contributed by atoms with van der Waals surface area (Å²) in [5.41, 5.74) is 0. The fourth-order valence-corrected chi connectivity index (χ4v) is 2.32. The fourth-order valence-electron chi connectivity index (χ4n) is 1.43. The van der Waals surface area contributed by atoms with Gasteiger partial charge < -0.3 is 0 Å². The maximum atomic E-state index is 13.4. The average Bonchev–Trinajstić information content (AvgIpc) is 2.44. The van der Waals surface area contributed by atoms with Crippen LogP contribution in [0.4, 0.5) is 39.5 Å². The second-order valence-corrected chi connectivity index (χ2v) is 6.10. The van der Waals surface area contributed by atoms with Crippen LogP contribution in [0.15, 0.2) is 30.6 Å². The Morgan fingerprint density at radius 1 is 0.800 bits per heavy atom. The van der Waals surface area contributed by atoms with Gasteiger partial charge in [0.25, 0.3) is 0 Å². The van der Waals surface area contributed by atoms with E-state index in [1.165, 1.54) is 6.07 Å². The molecule has 0 amide bonds. The van der Waals surface area contributed by atoms with Crippen molar-refractivity contribution in [3.8, 4) is 0 Å². The molecule has 0 saturated heterocycles. The van der Waals surface area contributed by atoms with Gasteiger partial charge in [0.05, 0.1) is 0 Å². The van der Waals surface area contributed by atoms with Crippen molar-refractivity contribution >= 4 is 10.3 Å².